The van der Waals surface area contributed by atoms with Gasteiger partial charge in [0, 0.05) is 19.1 Å². The first-order valence-electron chi connectivity index (χ1n) is 8.20. The van der Waals surface area contributed by atoms with Crippen molar-refractivity contribution >= 4 is 17.3 Å². The van der Waals surface area contributed by atoms with Gasteiger partial charge in [-0.15, -0.1) is 11.3 Å². The molecule has 3 rings (SSSR count). The van der Waals surface area contributed by atoms with Crippen molar-refractivity contribution in [2.24, 2.45) is 0 Å². The lowest BCUT2D eigenvalue weighted by Crippen LogP contribution is -2.46. The summed E-state index contributed by atoms with van der Waals surface area (Å²) in [6.45, 7) is 5.38. The standard InChI is InChI=1S/C16H22N4O3S/c1-2-20(11-15(21)22)12-5-7-19(8-6-12)10-14-17-16(18-23-14)13-4-3-9-24-13/h3-4,9,12H,2,5-8,10-11H2,1H3,(H,21,22). The first-order chi connectivity index (χ1) is 11.7. The highest BCUT2D eigenvalue weighted by Gasteiger charge is 2.26. The van der Waals surface area contributed by atoms with Gasteiger partial charge in [-0.3, -0.25) is 14.6 Å². The number of rotatable bonds is 7. The Morgan fingerprint density at radius 2 is 2.29 bits per heavy atom. The maximum absolute atomic E-state index is 10.9. The van der Waals surface area contributed by atoms with Gasteiger partial charge in [-0.1, -0.05) is 18.1 Å². The van der Waals surface area contributed by atoms with E-state index in [4.69, 9.17) is 9.63 Å². The van der Waals surface area contributed by atoms with Gasteiger partial charge in [0.15, 0.2) is 0 Å². The van der Waals surface area contributed by atoms with Gasteiger partial charge < -0.3 is 9.63 Å². The van der Waals surface area contributed by atoms with Gasteiger partial charge >= 0.3 is 5.97 Å². The van der Waals surface area contributed by atoms with Crippen LogP contribution in [0.15, 0.2) is 22.0 Å². The fourth-order valence-corrected chi connectivity index (χ4v) is 3.78. The Hall–Kier alpha value is -1.77. The SMILES string of the molecule is CCN(CC(=O)O)C1CCN(Cc2nc(-c3cccs3)no2)CC1. The van der Waals surface area contributed by atoms with E-state index in [1.54, 1.807) is 11.3 Å². The van der Waals surface area contributed by atoms with Crippen molar-refractivity contribution in [3.63, 3.8) is 0 Å². The Balaban J connectivity index is 1.51. The van der Waals surface area contributed by atoms with Crippen molar-refractivity contribution in [1.29, 1.82) is 0 Å². The van der Waals surface area contributed by atoms with Crippen LogP contribution in [0.3, 0.4) is 0 Å². The van der Waals surface area contributed by atoms with Crippen LogP contribution < -0.4 is 0 Å². The summed E-state index contributed by atoms with van der Waals surface area (Å²) < 4.78 is 5.36. The van der Waals surface area contributed by atoms with Gasteiger partial charge in [-0.25, -0.2) is 0 Å². The minimum Gasteiger partial charge on any atom is -0.480 e. The number of piperidine rings is 1. The van der Waals surface area contributed by atoms with Crippen molar-refractivity contribution in [2.75, 3.05) is 26.2 Å². The van der Waals surface area contributed by atoms with Crippen LogP contribution in [-0.2, 0) is 11.3 Å². The molecule has 1 aliphatic heterocycles. The van der Waals surface area contributed by atoms with E-state index in [2.05, 4.69) is 15.0 Å². The Labute approximate surface area is 144 Å². The van der Waals surface area contributed by atoms with Crippen molar-refractivity contribution in [3.05, 3.63) is 23.4 Å². The number of aliphatic carboxylic acids is 1. The smallest absolute Gasteiger partial charge is 0.317 e. The average Bonchev–Trinajstić information content (AvgIpc) is 3.24. The lowest BCUT2D eigenvalue weighted by molar-refractivity contribution is -0.139. The normalized spacial score (nSPS) is 16.8. The van der Waals surface area contributed by atoms with Crippen LogP contribution in [0.5, 0.6) is 0 Å². The molecule has 0 spiro atoms. The maximum Gasteiger partial charge on any atom is 0.317 e. The van der Waals surface area contributed by atoms with E-state index in [-0.39, 0.29) is 6.54 Å². The number of likely N-dealkylation sites (tertiary alicyclic amines) is 1. The number of carboxylic acids is 1. The molecule has 0 aromatic carbocycles. The topological polar surface area (TPSA) is 82.7 Å². The summed E-state index contributed by atoms with van der Waals surface area (Å²) >= 11 is 1.59. The monoisotopic (exact) mass is 350 g/mol. The zero-order chi connectivity index (χ0) is 16.9. The summed E-state index contributed by atoms with van der Waals surface area (Å²) in [4.78, 5) is 20.7. The highest BCUT2D eigenvalue weighted by atomic mass is 32.1. The predicted octanol–water partition coefficient (Wildman–Crippen LogP) is 2.17. The molecule has 0 radical (unpaired) electrons. The Morgan fingerprint density at radius 3 is 2.92 bits per heavy atom. The van der Waals surface area contributed by atoms with Crippen molar-refractivity contribution in [3.8, 4) is 10.7 Å². The molecular formula is C16H22N4O3S. The quantitative estimate of drug-likeness (QED) is 0.819. The van der Waals surface area contributed by atoms with E-state index in [1.165, 1.54) is 0 Å². The van der Waals surface area contributed by atoms with Crippen LogP contribution in [0, 0.1) is 0 Å². The highest BCUT2D eigenvalue weighted by molar-refractivity contribution is 7.13. The third-order valence-corrected chi connectivity index (χ3v) is 5.25. The molecule has 1 N–H and O–H groups in total. The molecule has 1 saturated heterocycles. The molecule has 1 fully saturated rings. The number of thiophene rings is 1. The summed E-state index contributed by atoms with van der Waals surface area (Å²) in [6.07, 6.45) is 1.93. The van der Waals surface area contributed by atoms with Gasteiger partial charge in [0.25, 0.3) is 0 Å². The summed E-state index contributed by atoms with van der Waals surface area (Å²) in [5.41, 5.74) is 0. The molecule has 0 amide bonds. The fraction of sp³-hybridized carbons (Fsp3) is 0.562. The number of hydrogen-bond donors (Lipinski definition) is 1. The maximum atomic E-state index is 10.9. The van der Waals surface area contributed by atoms with Gasteiger partial charge in [-0.2, -0.15) is 4.98 Å². The number of nitrogens with zero attached hydrogens (tertiary/aromatic N) is 4. The van der Waals surface area contributed by atoms with Gasteiger partial charge in [0.05, 0.1) is 18.0 Å². The first kappa shape index (κ1) is 17.1. The second kappa shape index (κ2) is 7.87. The molecule has 0 saturated carbocycles. The molecule has 8 heteroatoms. The minimum atomic E-state index is -0.758. The molecule has 0 atom stereocenters. The first-order valence-corrected chi connectivity index (χ1v) is 9.08. The summed E-state index contributed by atoms with van der Waals surface area (Å²) in [5.74, 6) is 0.523. The zero-order valence-electron chi connectivity index (χ0n) is 13.7. The van der Waals surface area contributed by atoms with Crippen LogP contribution in [0.2, 0.25) is 0 Å². The fourth-order valence-electron chi connectivity index (χ4n) is 3.13. The largest absolute Gasteiger partial charge is 0.480 e. The highest BCUT2D eigenvalue weighted by Crippen LogP contribution is 2.22. The molecule has 1 aliphatic rings. The van der Waals surface area contributed by atoms with Crippen LogP contribution in [-0.4, -0.2) is 63.2 Å². The molecule has 130 valence electrons. The molecule has 24 heavy (non-hydrogen) atoms. The van der Waals surface area contributed by atoms with E-state index < -0.39 is 5.97 Å². The van der Waals surface area contributed by atoms with Crippen LogP contribution in [0.25, 0.3) is 10.7 Å². The zero-order valence-corrected chi connectivity index (χ0v) is 14.5. The minimum absolute atomic E-state index is 0.120. The summed E-state index contributed by atoms with van der Waals surface area (Å²) in [5, 5.41) is 15.0. The molecule has 0 aliphatic carbocycles. The molecular weight excluding hydrogens is 328 g/mol. The molecule has 3 heterocycles. The Morgan fingerprint density at radius 1 is 1.50 bits per heavy atom. The molecule has 0 bridgehead atoms. The Bertz CT molecular complexity index is 650. The average molecular weight is 350 g/mol. The van der Waals surface area contributed by atoms with Gasteiger partial charge in [0.2, 0.25) is 11.7 Å². The van der Waals surface area contributed by atoms with Crippen LogP contribution >= 0.6 is 11.3 Å². The van der Waals surface area contributed by atoms with E-state index >= 15 is 0 Å². The van der Waals surface area contributed by atoms with Gasteiger partial charge in [0.1, 0.15) is 0 Å². The van der Waals surface area contributed by atoms with E-state index in [9.17, 15) is 4.79 Å². The number of likely N-dealkylation sites (N-methyl/N-ethyl adjacent to an activating group) is 1. The molecule has 0 unspecified atom stereocenters. The van der Waals surface area contributed by atoms with E-state index in [1.807, 2.05) is 29.3 Å². The molecule has 7 nitrogen and oxygen atoms in total. The van der Waals surface area contributed by atoms with Crippen molar-refractivity contribution < 1.29 is 14.4 Å². The second-order valence-electron chi connectivity index (χ2n) is 5.95. The van der Waals surface area contributed by atoms with E-state index in [0.717, 1.165) is 37.4 Å². The lowest BCUT2D eigenvalue weighted by atomic mass is 10.0. The number of hydrogen-bond acceptors (Lipinski definition) is 7. The number of carbonyl (C=O) groups is 1. The van der Waals surface area contributed by atoms with Crippen LogP contribution in [0.1, 0.15) is 25.7 Å². The summed E-state index contributed by atoms with van der Waals surface area (Å²) in [7, 11) is 0. The predicted molar refractivity (Wildman–Crippen MR) is 90.8 cm³/mol. The number of aromatic nitrogens is 2. The molecule has 2 aromatic heterocycles. The van der Waals surface area contributed by atoms with Crippen molar-refractivity contribution in [2.45, 2.75) is 32.4 Å². The second-order valence-corrected chi connectivity index (χ2v) is 6.90. The Kier molecular flexibility index (Phi) is 5.60. The number of carboxylic acid groups (broad SMARTS) is 1. The van der Waals surface area contributed by atoms with Gasteiger partial charge in [-0.05, 0) is 30.8 Å². The lowest BCUT2D eigenvalue weighted by Gasteiger charge is -2.36. The molecule has 2 aromatic rings. The third-order valence-electron chi connectivity index (χ3n) is 4.39. The van der Waals surface area contributed by atoms with E-state index in [0.29, 0.717) is 24.3 Å². The third kappa shape index (κ3) is 4.19. The van der Waals surface area contributed by atoms with Crippen LogP contribution in [0.4, 0.5) is 0 Å². The van der Waals surface area contributed by atoms with Crippen molar-refractivity contribution in [1.82, 2.24) is 19.9 Å². The summed E-state index contributed by atoms with van der Waals surface area (Å²) in [6, 6.07) is 4.29.